The maximum Gasteiger partial charge on any atom is 0.251 e. The first-order chi connectivity index (χ1) is 9.74. The Morgan fingerprint density at radius 1 is 1.45 bits per heavy atom. The molecule has 20 heavy (non-hydrogen) atoms. The van der Waals surface area contributed by atoms with Gasteiger partial charge in [-0.1, -0.05) is 12.1 Å². The van der Waals surface area contributed by atoms with Crippen LogP contribution in [0.3, 0.4) is 0 Å². The Hall–Kier alpha value is -2.32. The van der Waals surface area contributed by atoms with Gasteiger partial charge >= 0.3 is 0 Å². The number of amides is 1. The van der Waals surface area contributed by atoms with E-state index in [1.165, 1.54) is 7.11 Å². The van der Waals surface area contributed by atoms with Crippen LogP contribution in [0.25, 0.3) is 11.4 Å². The van der Waals surface area contributed by atoms with Gasteiger partial charge in [-0.3, -0.25) is 4.79 Å². The molecule has 0 fully saturated rings. The molecule has 0 saturated carbocycles. The van der Waals surface area contributed by atoms with E-state index in [-0.39, 0.29) is 19.1 Å². The second-order valence-corrected chi connectivity index (χ2v) is 4.12. The largest absolute Gasteiger partial charge is 0.394 e. The molecular formula is C12H15N5O3. The number of methoxy groups -OCH3 is 1. The van der Waals surface area contributed by atoms with Gasteiger partial charge in [0.25, 0.3) is 5.91 Å². The monoisotopic (exact) mass is 277 g/mol. The van der Waals surface area contributed by atoms with Gasteiger partial charge in [0.2, 0.25) is 5.82 Å². The molecule has 1 aromatic carbocycles. The lowest BCUT2D eigenvalue weighted by Gasteiger charge is -2.15. The molecule has 2 rings (SSSR count). The molecule has 0 saturated heterocycles. The van der Waals surface area contributed by atoms with Gasteiger partial charge in [-0.2, -0.15) is 5.21 Å². The van der Waals surface area contributed by atoms with Crippen molar-refractivity contribution in [3.8, 4) is 11.4 Å². The highest BCUT2D eigenvalue weighted by Crippen LogP contribution is 2.13. The second-order valence-electron chi connectivity index (χ2n) is 4.12. The van der Waals surface area contributed by atoms with Crippen molar-refractivity contribution in [3.63, 3.8) is 0 Å². The molecule has 0 spiro atoms. The van der Waals surface area contributed by atoms with Crippen molar-refractivity contribution in [1.29, 1.82) is 0 Å². The third kappa shape index (κ3) is 3.37. The molecule has 3 N–H and O–H groups in total. The summed E-state index contributed by atoms with van der Waals surface area (Å²) < 4.78 is 4.90. The van der Waals surface area contributed by atoms with Crippen LogP contribution in [0.5, 0.6) is 0 Å². The fourth-order valence-corrected chi connectivity index (χ4v) is 1.66. The minimum absolute atomic E-state index is 0.180. The van der Waals surface area contributed by atoms with Crippen LogP contribution in [0, 0.1) is 0 Å². The summed E-state index contributed by atoms with van der Waals surface area (Å²) in [5.41, 5.74) is 1.23. The van der Waals surface area contributed by atoms with Gasteiger partial charge in [0.15, 0.2) is 0 Å². The van der Waals surface area contributed by atoms with E-state index in [9.17, 15) is 4.79 Å². The third-order valence-corrected chi connectivity index (χ3v) is 2.67. The van der Waals surface area contributed by atoms with Crippen molar-refractivity contribution >= 4 is 5.91 Å². The predicted molar refractivity (Wildman–Crippen MR) is 69.8 cm³/mol. The Balaban J connectivity index is 2.04. The summed E-state index contributed by atoms with van der Waals surface area (Å²) in [6.45, 7) is 0.0731. The van der Waals surface area contributed by atoms with E-state index in [4.69, 9.17) is 9.84 Å². The van der Waals surface area contributed by atoms with Crippen molar-refractivity contribution in [2.75, 3.05) is 20.3 Å². The molecule has 0 bridgehead atoms. The number of ether oxygens (including phenoxy) is 1. The number of carbonyl (C=O) groups excluding carboxylic acids is 1. The van der Waals surface area contributed by atoms with Crippen molar-refractivity contribution < 1.29 is 14.6 Å². The number of H-pyrrole nitrogens is 1. The normalized spacial score (nSPS) is 12.1. The molecule has 0 aliphatic carbocycles. The van der Waals surface area contributed by atoms with Crippen LogP contribution in [0.4, 0.5) is 0 Å². The maximum absolute atomic E-state index is 12.0. The molecule has 1 aromatic heterocycles. The average Bonchev–Trinajstić information content (AvgIpc) is 3.01. The fourth-order valence-electron chi connectivity index (χ4n) is 1.66. The Kier molecular flexibility index (Phi) is 4.75. The number of aromatic nitrogens is 4. The molecule has 8 nitrogen and oxygen atoms in total. The molecule has 2 aromatic rings. The van der Waals surface area contributed by atoms with Gasteiger partial charge in [-0.25, -0.2) is 0 Å². The van der Waals surface area contributed by atoms with Crippen LogP contribution in [-0.4, -0.2) is 58.0 Å². The van der Waals surface area contributed by atoms with Crippen LogP contribution in [0.2, 0.25) is 0 Å². The Morgan fingerprint density at radius 3 is 2.75 bits per heavy atom. The van der Waals surface area contributed by atoms with Crippen molar-refractivity contribution in [2.45, 2.75) is 6.04 Å². The first kappa shape index (κ1) is 14.1. The second kappa shape index (κ2) is 6.73. The van der Waals surface area contributed by atoms with Crippen molar-refractivity contribution in [2.24, 2.45) is 0 Å². The highest BCUT2D eigenvalue weighted by Gasteiger charge is 2.13. The zero-order valence-electron chi connectivity index (χ0n) is 10.9. The van der Waals surface area contributed by atoms with E-state index in [0.29, 0.717) is 11.4 Å². The van der Waals surface area contributed by atoms with Gasteiger partial charge in [0.1, 0.15) is 0 Å². The average molecular weight is 277 g/mol. The molecular weight excluding hydrogens is 262 g/mol. The Bertz CT molecular complexity index is 541. The number of nitrogens with one attached hydrogen (secondary N) is 2. The number of benzene rings is 1. The van der Waals surface area contributed by atoms with Crippen molar-refractivity contribution in [3.05, 3.63) is 29.8 Å². The molecule has 106 valence electrons. The first-order valence-electron chi connectivity index (χ1n) is 5.99. The predicted octanol–water partition coefficient (Wildman–Crippen LogP) is -0.396. The standard InChI is InChI=1S/C12H15N5O3/c1-20-7-10(6-18)13-12(19)9-4-2-8(3-5-9)11-14-16-17-15-11/h2-5,10,18H,6-7H2,1H3,(H,13,19)(H,14,15,16,17). The third-order valence-electron chi connectivity index (χ3n) is 2.67. The minimum Gasteiger partial charge on any atom is -0.394 e. The number of aromatic amines is 1. The molecule has 0 radical (unpaired) electrons. The quantitative estimate of drug-likeness (QED) is 0.662. The number of carbonyl (C=O) groups is 1. The topological polar surface area (TPSA) is 113 Å². The van der Waals surface area contributed by atoms with E-state index in [1.807, 2.05) is 0 Å². The Morgan fingerprint density at radius 2 is 2.20 bits per heavy atom. The van der Waals surface area contributed by atoms with Gasteiger partial charge in [-0.15, -0.1) is 10.2 Å². The van der Waals surface area contributed by atoms with Gasteiger partial charge in [0, 0.05) is 18.2 Å². The number of tetrazole rings is 1. The summed E-state index contributed by atoms with van der Waals surface area (Å²) in [4.78, 5) is 12.0. The van der Waals surface area contributed by atoms with Gasteiger partial charge in [-0.05, 0) is 17.3 Å². The highest BCUT2D eigenvalue weighted by atomic mass is 16.5. The summed E-state index contributed by atoms with van der Waals surface area (Å²) in [5.74, 6) is 0.185. The molecule has 1 unspecified atom stereocenters. The molecule has 0 aliphatic heterocycles. The van der Waals surface area contributed by atoms with Crippen LogP contribution in [-0.2, 0) is 4.74 Å². The van der Waals surface area contributed by atoms with Crippen LogP contribution in [0.1, 0.15) is 10.4 Å². The summed E-state index contributed by atoms with van der Waals surface area (Å²) in [6, 6.07) is 6.34. The summed E-state index contributed by atoms with van der Waals surface area (Å²) in [6.07, 6.45) is 0. The highest BCUT2D eigenvalue weighted by molar-refractivity contribution is 5.94. The van der Waals surface area contributed by atoms with Crippen LogP contribution < -0.4 is 5.32 Å². The van der Waals surface area contributed by atoms with E-state index in [1.54, 1.807) is 24.3 Å². The van der Waals surface area contributed by atoms with Crippen molar-refractivity contribution in [1.82, 2.24) is 25.9 Å². The number of aliphatic hydroxyl groups excluding tert-OH is 1. The lowest BCUT2D eigenvalue weighted by Crippen LogP contribution is -2.40. The van der Waals surface area contributed by atoms with E-state index < -0.39 is 6.04 Å². The van der Waals surface area contributed by atoms with Gasteiger partial charge < -0.3 is 15.2 Å². The molecule has 1 amide bonds. The van der Waals surface area contributed by atoms with Crippen LogP contribution >= 0.6 is 0 Å². The molecule has 0 aliphatic rings. The SMILES string of the molecule is COCC(CO)NC(=O)c1ccc(-c2nn[nH]n2)cc1. The summed E-state index contributed by atoms with van der Waals surface area (Å²) in [7, 11) is 1.51. The fraction of sp³-hybridized carbons (Fsp3) is 0.333. The lowest BCUT2D eigenvalue weighted by molar-refractivity contribution is 0.0839. The number of aliphatic hydroxyl groups is 1. The summed E-state index contributed by atoms with van der Waals surface area (Å²) in [5, 5.41) is 25.3. The summed E-state index contributed by atoms with van der Waals surface area (Å²) >= 11 is 0. The number of nitrogens with zero attached hydrogens (tertiary/aromatic N) is 3. The molecule has 1 heterocycles. The lowest BCUT2D eigenvalue weighted by atomic mass is 10.1. The minimum atomic E-state index is -0.426. The number of rotatable bonds is 6. The first-order valence-corrected chi connectivity index (χ1v) is 5.99. The van der Waals surface area contributed by atoms with E-state index in [2.05, 4.69) is 25.9 Å². The maximum atomic E-state index is 12.0. The number of hydrogen-bond acceptors (Lipinski definition) is 6. The zero-order valence-corrected chi connectivity index (χ0v) is 10.9. The zero-order chi connectivity index (χ0) is 14.4. The van der Waals surface area contributed by atoms with Gasteiger partial charge in [0.05, 0.1) is 19.3 Å². The molecule has 8 heteroatoms. The van der Waals surface area contributed by atoms with E-state index in [0.717, 1.165) is 5.56 Å². The van der Waals surface area contributed by atoms with Crippen LogP contribution in [0.15, 0.2) is 24.3 Å². The van der Waals surface area contributed by atoms with E-state index >= 15 is 0 Å². The Labute approximate surface area is 115 Å². The molecule has 1 atom stereocenters. The smallest absolute Gasteiger partial charge is 0.251 e. The number of hydrogen-bond donors (Lipinski definition) is 3.